The molecule has 1 aromatic carbocycles. The van der Waals surface area contributed by atoms with Crippen molar-refractivity contribution in [2.75, 3.05) is 13.1 Å². The highest BCUT2D eigenvalue weighted by Gasteiger charge is 2.29. The Morgan fingerprint density at radius 2 is 2.12 bits per heavy atom. The Morgan fingerprint density at radius 3 is 2.80 bits per heavy atom. The standard InChI is InChI=1S/C19H23N3O3/c1-12-3-4-14(9-13(12)2)16-10-21-17(25-16)5-6-18(23)22-8-7-15(11-22)19(20)24/h3-4,9-10,15H,5-8,11H2,1-2H3,(H2,20,24)/t15-/m1/s1. The summed E-state index contributed by atoms with van der Waals surface area (Å²) in [5.74, 6) is 0.713. The van der Waals surface area contributed by atoms with E-state index in [2.05, 4.69) is 31.0 Å². The Labute approximate surface area is 147 Å². The third-order valence-corrected chi connectivity index (χ3v) is 4.84. The van der Waals surface area contributed by atoms with Crippen LogP contribution >= 0.6 is 0 Å². The lowest BCUT2D eigenvalue weighted by Gasteiger charge is -2.15. The van der Waals surface area contributed by atoms with Gasteiger partial charge in [-0.1, -0.05) is 12.1 Å². The lowest BCUT2D eigenvalue weighted by Crippen LogP contribution is -2.31. The van der Waals surface area contributed by atoms with Gasteiger partial charge in [-0.15, -0.1) is 0 Å². The fourth-order valence-corrected chi connectivity index (χ4v) is 3.04. The van der Waals surface area contributed by atoms with Crippen molar-refractivity contribution in [1.29, 1.82) is 0 Å². The fraction of sp³-hybridized carbons (Fsp3) is 0.421. The molecule has 1 saturated heterocycles. The zero-order valence-electron chi connectivity index (χ0n) is 14.6. The van der Waals surface area contributed by atoms with Gasteiger partial charge >= 0.3 is 0 Å². The van der Waals surface area contributed by atoms with Crippen LogP contribution in [0.4, 0.5) is 0 Å². The van der Waals surface area contributed by atoms with Crippen LogP contribution in [0.25, 0.3) is 11.3 Å². The summed E-state index contributed by atoms with van der Waals surface area (Å²) in [6, 6.07) is 6.13. The summed E-state index contributed by atoms with van der Waals surface area (Å²) in [5.41, 5.74) is 8.71. The summed E-state index contributed by atoms with van der Waals surface area (Å²) < 4.78 is 5.78. The monoisotopic (exact) mass is 341 g/mol. The number of likely N-dealkylation sites (tertiary alicyclic amines) is 1. The molecule has 1 aliphatic rings. The first-order valence-corrected chi connectivity index (χ1v) is 8.53. The van der Waals surface area contributed by atoms with Gasteiger partial charge in [0.1, 0.15) is 0 Å². The number of nitrogens with two attached hydrogens (primary N) is 1. The number of nitrogens with zero attached hydrogens (tertiary/aromatic N) is 2. The predicted molar refractivity (Wildman–Crippen MR) is 93.6 cm³/mol. The molecule has 2 N–H and O–H groups in total. The molecule has 0 saturated carbocycles. The maximum atomic E-state index is 12.3. The Kier molecular flexibility index (Phi) is 4.88. The van der Waals surface area contributed by atoms with E-state index in [0.717, 1.165) is 5.56 Å². The van der Waals surface area contributed by atoms with Gasteiger partial charge in [0.05, 0.1) is 12.1 Å². The topological polar surface area (TPSA) is 89.4 Å². The number of carbonyl (C=O) groups excluding carboxylic acids is 2. The smallest absolute Gasteiger partial charge is 0.223 e. The molecule has 0 radical (unpaired) electrons. The lowest BCUT2D eigenvalue weighted by molar-refractivity contribution is -0.130. The largest absolute Gasteiger partial charge is 0.441 e. The molecule has 2 aromatic rings. The van der Waals surface area contributed by atoms with E-state index in [1.807, 2.05) is 6.07 Å². The second-order valence-corrected chi connectivity index (χ2v) is 6.65. The SMILES string of the molecule is Cc1ccc(-c2cnc(CCC(=O)N3CC[C@@H](C(N)=O)C3)o2)cc1C. The number of rotatable bonds is 5. The minimum Gasteiger partial charge on any atom is -0.441 e. The molecule has 0 unspecified atom stereocenters. The number of benzene rings is 1. The molecule has 1 fully saturated rings. The summed E-state index contributed by atoms with van der Waals surface area (Å²) in [7, 11) is 0. The van der Waals surface area contributed by atoms with E-state index in [-0.39, 0.29) is 17.7 Å². The van der Waals surface area contributed by atoms with Gasteiger partial charge < -0.3 is 15.1 Å². The van der Waals surface area contributed by atoms with Gasteiger partial charge in [-0.05, 0) is 37.5 Å². The zero-order chi connectivity index (χ0) is 18.0. The average Bonchev–Trinajstić information content (AvgIpc) is 3.24. The van der Waals surface area contributed by atoms with Crippen molar-refractivity contribution in [2.45, 2.75) is 33.1 Å². The number of hydrogen-bond donors (Lipinski definition) is 1. The minimum absolute atomic E-state index is 0.00896. The highest BCUT2D eigenvalue weighted by molar-refractivity contribution is 5.81. The number of aryl methyl sites for hydroxylation is 3. The molecule has 2 heterocycles. The van der Waals surface area contributed by atoms with Crippen LogP contribution in [0, 0.1) is 19.8 Å². The van der Waals surface area contributed by atoms with Gasteiger partial charge in [0, 0.05) is 31.5 Å². The Hall–Kier alpha value is -2.63. The van der Waals surface area contributed by atoms with E-state index in [1.54, 1.807) is 11.1 Å². The quantitative estimate of drug-likeness (QED) is 0.903. The van der Waals surface area contributed by atoms with Gasteiger partial charge in [-0.2, -0.15) is 0 Å². The van der Waals surface area contributed by atoms with E-state index in [9.17, 15) is 9.59 Å². The summed E-state index contributed by atoms with van der Waals surface area (Å²) >= 11 is 0. The highest BCUT2D eigenvalue weighted by Crippen LogP contribution is 2.24. The molecule has 6 nitrogen and oxygen atoms in total. The molecule has 1 aromatic heterocycles. The van der Waals surface area contributed by atoms with Crippen LogP contribution in [-0.2, 0) is 16.0 Å². The van der Waals surface area contributed by atoms with Crippen molar-refractivity contribution in [2.24, 2.45) is 11.7 Å². The van der Waals surface area contributed by atoms with Gasteiger partial charge in [-0.3, -0.25) is 9.59 Å². The number of carbonyl (C=O) groups is 2. The Balaban J connectivity index is 1.58. The van der Waals surface area contributed by atoms with Gasteiger partial charge in [0.15, 0.2) is 11.7 Å². The minimum atomic E-state index is -0.332. The average molecular weight is 341 g/mol. The van der Waals surface area contributed by atoms with Crippen molar-refractivity contribution < 1.29 is 14.0 Å². The number of aromatic nitrogens is 1. The molecule has 132 valence electrons. The van der Waals surface area contributed by atoms with E-state index >= 15 is 0 Å². The molecule has 0 spiro atoms. The second-order valence-electron chi connectivity index (χ2n) is 6.65. The third-order valence-electron chi connectivity index (χ3n) is 4.84. The van der Waals surface area contributed by atoms with E-state index in [0.29, 0.717) is 44.0 Å². The van der Waals surface area contributed by atoms with Crippen molar-refractivity contribution >= 4 is 11.8 Å². The van der Waals surface area contributed by atoms with Gasteiger partial charge in [-0.25, -0.2) is 4.98 Å². The molecule has 6 heteroatoms. The normalized spacial score (nSPS) is 17.0. The molecule has 0 bridgehead atoms. The molecule has 1 atom stereocenters. The van der Waals surface area contributed by atoms with Crippen molar-refractivity contribution in [1.82, 2.24) is 9.88 Å². The highest BCUT2D eigenvalue weighted by atomic mass is 16.4. The van der Waals surface area contributed by atoms with E-state index in [1.165, 1.54) is 11.1 Å². The number of primary amides is 1. The summed E-state index contributed by atoms with van der Waals surface area (Å²) in [6.07, 6.45) is 3.11. The summed E-state index contributed by atoms with van der Waals surface area (Å²) in [6.45, 7) is 5.14. The molecular weight excluding hydrogens is 318 g/mol. The van der Waals surface area contributed by atoms with Crippen LogP contribution in [0.3, 0.4) is 0 Å². The van der Waals surface area contributed by atoms with Gasteiger partial charge in [0.25, 0.3) is 0 Å². The van der Waals surface area contributed by atoms with Crippen molar-refractivity contribution in [3.8, 4) is 11.3 Å². The molecular formula is C19H23N3O3. The Bertz CT molecular complexity index is 797. The molecule has 1 aliphatic heterocycles. The van der Waals surface area contributed by atoms with Crippen LogP contribution in [0.2, 0.25) is 0 Å². The molecule has 25 heavy (non-hydrogen) atoms. The molecule has 0 aliphatic carbocycles. The maximum Gasteiger partial charge on any atom is 0.223 e. The number of hydrogen-bond acceptors (Lipinski definition) is 4. The second kappa shape index (κ2) is 7.09. The first-order chi connectivity index (χ1) is 11.9. The van der Waals surface area contributed by atoms with Crippen LogP contribution in [-0.4, -0.2) is 34.8 Å². The van der Waals surface area contributed by atoms with Crippen LogP contribution in [0.1, 0.15) is 29.9 Å². The van der Waals surface area contributed by atoms with Crippen LogP contribution in [0.15, 0.2) is 28.8 Å². The number of amides is 2. The van der Waals surface area contributed by atoms with E-state index < -0.39 is 0 Å². The molecule has 3 rings (SSSR count). The van der Waals surface area contributed by atoms with E-state index in [4.69, 9.17) is 10.2 Å². The van der Waals surface area contributed by atoms with Crippen LogP contribution in [0.5, 0.6) is 0 Å². The van der Waals surface area contributed by atoms with Crippen molar-refractivity contribution in [3.05, 3.63) is 41.4 Å². The molecule has 2 amide bonds. The predicted octanol–water partition coefficient (Wildman–Crippen LogP) is 2.22. The fourth-order valence-electron chi connectivity index (χ4n) is 3.04. The zero-order valence-corrected chi connectivity index (χ0v) is 14.6. The van der Waals surface area contributed by atoms with Crippen LogP contribution < -0.4 is 5.73 Å². The van der Waals surface area contributed by atoms with Crippen molar-refractivity contribution in [3.63, 3.8) is 0 Å². The Morgan fingerprint density at radius 1 is 1.32 bits per heavy atom. The maximum absolute atomic E-state index is 12.3. The summed E-state index contributed by atoms with van der Waals surface area (Å²) in [4.78, 5) is 29.4. The number of oxazole rings is 1. The van der Waals surface area contributed by atoms with Gasteiger partial charge in [0.2, 0.25) is 11.8 Å². The first-order valence-electron chi connectivity index (χ1n) is 8.53. The first kappa shape index (κ1) is 17.2. The third kappa shape index (κ3) is 3.90. The summed E-state index contributed by atoms with van der Waals surface area (Å²) in [5, 5.41) is 0. The lowest BCUT2D eigenvalue weighted by atomic mass is 10.1.